The lowest BCUT2D eigenvalue weighted by Crippen LogP contribution is -2.43. The Morgan fingerprint density at radius 3 is 2.76 bits per heavy atom. The maximum Gasteiger partial charge on any atom is 0.261 e. The summed E-state index contributed by atoms with van der Waals surface area (Å²) >= 11 is 6.41. The molecule has 5 heterocycles. The Morgan fingerprint density at radius 1 is 1.12 bits per heavy atom. The van der Waals surface area contributed by atoms with Crippen molar-refractivity contribution >= 4 is 51.1 Å². The molecule has 172 valence electrons. The van der Waals surface area contributed by atoms with Crippen LogP contribution in [0.2, 0.25) is 5.02 Å². The van der Waals surface area contributed by atoms with Crippen molar-refractivity contribution in [3.05, 3.63) is 71.3 Å². The maximum absolute atomic E-state index is 13.2. The summed E-state index contributed by atoms with van der Waals surface area (Å²) in [5.74, 6) is -0.828. The fourth-order valence-electron chi connectivity index (χ4n) is 5.43. The first-order valence-electron chi connectivity index (χ1n) is 11.4. The van der Waals surface area contributed by atoms with Gasteiger partial charge in [-0.1, -0.05) is 31.5 Å². The summed E-state index contributed by atoms with van der Waals surface area (Å²) < 4.78 is 4.09. The number of piperidine rings is 1. The van der Waals surface area contributed by atoms with Gasteiger partial charge in [-0.15, -0.1) is 0 Å². The lowest BCUT2D eigenvalue weighted by Gasteiger charge is -2.40. The van der Waals surface area contributed by atoms with E-state index in [0.29, 0.717) is 33.1 Å². The van der Waals surface area contributed by atoms with E-state index in [1.807, 2.05) is 53.2 Å². The van der Waals surface area contributed by atoms with Gasteiger partial charge in [-0.2, -0.15) is 0 Å². The van der Waals surface area contributed by atoms with Crippen molar-refractivity contribution in [2.45, 2.75) is 26.3 Å². The number of imidazole rings is 1. The van der Waals surface area contributed by atoms with Crippen LogP contribution < -0.4 is 10.6 Å². The van der Waals surface area contributed by atoms with Crippen molar-refractivity contribution in [1.29, 1.82) is 0 Å². The monoisotopic (exact) mass is 473 g/mol. The number of pyridine rings is 1. The molecule has 0 spiro atoms. The van der Waals surface area contributed by atoms with Crippen molar-refractivity contribution in [2.24, 2.45) is 5.41 Å². The summed E-state index contributed by atoms with van der Waals surface area (Å²) in [6.07, 6.45) is 6.47. The molecule has 2 amide bonds. The maximum atomic E-state index is 13.2. The van der Waals surface area contributed by atoms with Crippen LogP contribution in [0.1, 0.15) is 37.6 Å². The molecule has 8 heteroatoms. The van der Waals surface area contributed by atoms with Crippen LogP contribution in [0.5, 0.6) is 0 Å². The molecule has 0 bridgehead atoms. The Kier molecular flexibility index (Phi) is 4.69. The van der Waals surface area contributed by atoms with E-state index in [4.69, 9.17) is 11.6 Å². The lowest BCUT2D eigenvalue weighted by molar-refractivity contribution is -0.122. The molecule has 3 aromatic heterocycles. The summed E-state index contributed by atoms with van der Waals surface area (Å²) in [5, 5.41) is 7.43. The van der Waals surface area contributed by atoms with Crippen molar-refractivity contribution in [1.82, 2.24) is 24.6 Å². The molecule has 0 aliphatic carbocycles. The molecular weight excluding hydrogens is 450 g/mol. The SMILES string of the molecule is CC1(C)CNCCC1n1cc(C2=C(c3cnc4ccccn34)C(=O)NC2=O)c2cc(Cl)ccc21. The highest BCUT2D eigenvalue weighted by Gasteiger charge is 2.38. The van der Waals surface area contributed by atoms with E-state index in [-0.39, 0.29) is 11.5 Å². The standard InChI is InChI=1S/C26H24ClN5O2/c1-26(2)14-28-9-8-20(26)32-13-17(16-11-15(27)6-7-18(16)32)22-23(25(34)30-24(22)33)19-12-29-21-5-3-4-10-31(19)21/h3-7,10-13,20,28H,8-9,14H2,1-2H3,(H,30,33,34). The molecular formula is C26H24ClN5O2. The third kappa shape index (κ3) is 3.11. The summed E-state index contributed by atoms with van der Waals surface area (Å²) in [6, 6.07) is 11.6. The van der Waals surface area contributed by atoms with Crippen LogP contribution in [0.3, 0.4) is 0 Å². The van der Waals surface area contributed by atoms with Crippen molar-refractivity contribution < 1.29 is 9.59 Å². The van der Waals surface area contributed by atoms with Crippen LogP contribution in [-0.2, 0) is 9.59 Å². The number of carbonyl (C=O) groups is 2. The van der Waals surface area contributed by atoms with Crippen LogP contribution in [0.4, 0.5) is 0 Å². The van der Waals surface area contributed by atoms with Crippen LogP contribution in [0.25, 0.3) is 27.7 Å². The Balaban J connectivity index is 1.64. The second-order valence-corrected chi connectivity index (χ2v) is 10.1. The largest absolute Gasteiger partial charge is 0.343 e. The smallest absolute Gasteiger partial charge is 0.261 e. The molecule has 2 N–H and O–H groups in total. The number of benzene rings is 1. The molecule has 1 fully saturated rings. The fourth-order valence-corrected chi connectivity index (χ4v) is 5.60. The van der Waals surface area contributed by atoms with E-state index >= 15 is 0 Å². The zero-order chi connectivity index (χ0) is 23.6. The van der Waals surface area contributed by atoms with Crippen molar-refractivity contribution in [2.75, 3.05) is 13.1 Å². The van der Waals surface area contributed by atoms with Gasteiger partial charge >= 0.3 is 0 Å². The Hall–Kier alpha value is -3.42. The van der Waals surface area contributed by atoms with Gasteiger partial charge in [0.2, 0.25) is 0 Å². The van der Waals surface area contributed by atoms with Gasteiger partial charge in [-0.3, -0.25) is 19.3 Å². The predicted molar refractivity (Wildman–Crippen MR) is 132 cm³/mol. The number of halogens is 1. The van der Waals surface area contributed by atoms with Crippen molar-refractivity contribution in [3.63, 3.8) is 0 Å². The van der Waals surface area contributed by atoms with E-state index < -0.39 is 11.8 Å². The van der Waals surface area contributed by atoms with Gasteiger partial charge in [0, 0.05) is 46.5 Å². The third-order valence-electron chi connectivity index (χ3n) is 7.08. The van der Waals surface area contributed by atoms with Gasteiger partial charge in [-0.05, 0) is 48.7 Å². The molecule has 2 aliphatic heterocycles. The highest BCUT2D eigenvalue weighted by atomic mass is 35.5. The minimum absolute atomic E-state index is 0.00766. The molecule has 7 nitrogen and oxygen atoms in total. The summed E-state index contributed by atoms with van der Waals surface area (Å²) in [4.78, 5) is 30.7. The summed E-state index contributed by atoms with van der Waals surface area (Å²) in [6.45, 7) is 6.32. The van der Waals surface area contributed by atoms with Gasteiger partial charge in [0.1, 0.15) is 5.65 Å². The minimum atomic E-state index is -0.421. The number of aromatic nitrogens is 3. The first-order chi connectivity index (χ1) is 16.3. The molecule has 0 radical (unpaired) electrons. The molecule has 6 rings (SSSR count). The van der Waals surface area contributed by atoms with Crippen LogP contribution in [0, 0.1) is 5.41 Å². The molecule has 34 heavy (non-hydrogen) atoms. The molecule has 0 saturated carbocycles. The zero-order valence-corrected chi connectivity index (χ0v) is 19.7. The number of nitrogens with zero attached hydrogens (tertiary/aromatic N) is 3. The number of imide groups is 1. The minimum Gasteiger partial charge on any atom is -0.343 e. The number of amides is 2. The van der Waals surface area contributed by atoms with E-state index in [0.717, 1.165) is 30.4 Å². The highest BCUT2D eigenvalue weighted by Crippen LogP contribution is 2.42. The van der Waals surface area contributed by atoms with Gasteiger partial charge in [0.25, 0.3) is 11.8 Å². The van der Waals surface area contributed by atoms with Crippen LogP contribution in [-0.4, -0.2) is 38.9 Å². The van der Waals surface area contributed by atoms with E-state index in [9.17, 15) is 9.59 Å². The van der Waals surface area contributed by atoms with Gasteiger partial charge < -0.3 is 9.88 Å². The average molecular weight is 474 g/mol. The first kappa shape index (κ1) is 21.1. The molecule has 1 unspecified atom stereocenters. The van der Waals surface area contributed by atoms with E-state index in [1.165, 1.54) is 0 Å². The molecule has 4 aromatic rings. The average Bonchev–Trinajstić information content (AvgIpc) is 3.46. The normalized spacial score (nSPS) is 20.5. The van der Waals surface area contributed by atoms with E-state index in [1.54, 1.807) is 6.20 Å². The Labute approximate surface area is 201 Å². The quantitative estimate of drug-likeness (QED) is 0.439. The predicted octanol–water partition coefficient (Wildman–Crippen LogP) is 4.07. The van der Waals surface area contributed by atoms with Gasteiger partial charge in [0.15, 0.2) is 0 Å². The van der Waals surface area contributed by atoms with Crippen LogP contribution in [0.15, 0.2) is 55.0 Å². The fraction of sp³-hybridized carbons (Fsp3) is 0.269. The molecule has 1 saturated heterocycles. The summed E-state index contributed by atoms with van der Waals surface area (Å²) in [5.41, 5.74) is 3.68. The number of fused-ring (bicyclic) bond motifs is 2. The lowest BCUT2D eigenvalue weighted by atomic mass is 9.80. The van der Waals surface area contributed by atoms with Crippen molar-refractivity contribution in [3.8, 4) is 0 Å². The Bertz CT molecular complexity index is 1530. The first-order valence-corrected chi connectivity index (χ1v) is 11.8. The number of hydrogen-bond acceptors (Lipinski definition) is 4. The highest BCUT2D eigenvalue weighted by molar-refractivity contribution is 6.50. The van der Waals surface area contributed by atoms with Gasteiger partial charge in [0.05, 0.1) is 23.0 Å². The topological polar surface area (TPSA) is 80.4 Å². The number of carbonyl (C=O) groups excluding carboxylic acids is 2. The Morgan fingerprint density at radius 2 is 1.94 bits per heavy atom. The number of nitrogens with one attached hydrogen (secondary N) is 2. The molecule has 1 aromatic carbocycles. The second kappa shape index (κ2) is 7.55. The third-order valence-corrected chi connectivity index (χ3v) is 7.32. The molecule has 2 aliphatic rings. The molecule has 1 atom stereocenters. The zero-order valence-electron chi connectivity index (χ0n) is 18.9. The number of rotatable bonds is 3. The number of hydrogen-bond donors (Lipinski definition) is 2. The van der Waals surface area contributed by atoms with E-state index in [2.05, 4.69) is 34.0 Å². The summed E-state index contributed by atoms with van der Waals surface area (Å²) in [7, 11) is 0. The van der Waals surface area contributed by atoms with Gasteiger partial charge in [-0.25, -0.2) is 4.98 Å². The van der Waals surface area contributed by atoms with Crippen LogP contribution >= 0.6 is 11.6 Å². The second-order valence-electron chi connectivity index (χ2n) is 9.69.